The third kappa shape index (κ3) is 1.63. The van der Waals surface area contributed by atoms with Gasteiger partial charge < -0.3 is 9.84 Å². The summed E-state index contributed by atoms with van der Waals surface area (Å²) < 4.78 is 4.82. The van der Waals surface area contributed by atoms with Crippen molar-refractivity contribution in [2.45, 2.75) is 38.8 Å². The van der Waals surface area contributed by atoms with Crippen LogP contribution in [0, 0.1) is 0 Å². The molecule has 13 heavy (non-hydrogen) atoms. The minimum atomic E-state index is -0.934. The fourth-order valence-corrected chi connectivity index (χ4v) is 1.23. The van der Waals surface area contributed by atoms with Gasteiger partial charge in [-0.2, -0.15) is 0 Å². The Kier molecular flexibility index (Phi) is 2.28. The molecule has 0 radical (unpaired) electrons. The third-order valence-electron chi connectivity index (χ3n) is 2.93. The molecule has 0 bridgehead atoms. The van der Waals surface area contributed by atoms with Crippen LogP contribution in [-0.2, 0) is 4.74 Å². The van der Waals surface area contributed by atoms with Crippen LogP contribution in [-0.4, -0.2) is 40.4 Å². The summed E-state index contributed by atoms with van der Waals surface area (Å²) in [5.41, 5.74) is -1.53. The van der Waals surface area contributed by atoms with E-state index < -0.39 is 11.1 Å². The highest BCUT2D eigenvalue weighted by Crippen LogP contribution is 2.29. The molecule has 0 unspecified atom stereocenters. The first-order valence-corrected chi connectivity index (χ1v) is 4.43. The number of carbonyl (C=O) groups is 1. The van der Waals surface area contributed by atoms with Crippen LogP contribution in [0.4, 0.5) is 4.79 Å². The number of hydrogen-bond acceptors (Lipinski definition) is 3. The van der Waals surface area contributed by atoms with E-state index >= 15 is 0 Å². The van der Waals surface area contributed by atoms with Crippen molar-refractivity contribution in [2.75, 3.05) is 13.2 Å². The molecule has 1 saturated heterocycles. The average molecular weight is 187 g/mol. The van der Waals surface area contributed by atoms with Gasteiger partial charge in [0.2, 0.25) is 0 Å². The monoisotopic (exact) mass is 187 g/mol. The number of aliphatic hydroxyl groups is 1. The predicted molar refractivity (Wildman–Crippen MR) is 48.4 cm³/mol. The Bertz CT molecular complexity index is 217. The molecule has 0 spiro atoms. The summed E-state index contributed by atoms with van der Waals surface area (Å²) in [4.78, 5) is 12.8. The molecule has 0 atom stereocenters. The van der Waals surface area contributed by atoms with Crippen molar-refractivity contribution in [2.24, 2.45) is 0 Å². The Morgan fingerprint density at radius 3 is 2.23 bits per heavy atom. The van der Waals surface area contributed by atoms with Gasteiger partial charge in [0.25, 0.3) is 0 Å². The largest absolute Gasteiger partial charge is 0.448 e. The summed E-state index contributed by atoms with van der Waals surface area (Å²) in [6.07, 6.45) is -0.341. The summed E-state index contributed by atoms with van der Waals surface area (Å²) in [5.74, 6) is 0. The van der Waals surface area contributed by atoms with Crippen LogP contribution in [0.25, 0.3) is 0 Å². The predicted octanol–water partition coefficient (Wildman–Crippen LogP) is 0.988. The molecule has 4 nitrogen and oxygen atoms in total. The van der Waals surface area contributed by atoms with Crippen molar-refractivity contribution in [3.05, 3.63) is 0 Å². The number of hydrogen-bond donors (Lipinski definition) is 1. The molecule has 1 rings (SSSR count). The molecule has 1 aliphatic rings. The van der Waals surface area contributed by atoms with E-state index in [9.17, 15) is 9.90 Å². The van der Waals surface area contributed by atoms with Gasteiger partial charge in [0.05, 0.1) is 17.7 Å². The summed E-state index contributed by atoms with van der Waals surface area (Å²) in [5, 5.41) is 9.87. The number of carbonyl (C=O) groups excluding carboxylic acids is 1. The quantitative estimate of drug-likeness (QED) is 0.701. The van der Waals surface area contributed by atoms with Gasteiger partial charge >= 0.3 is 6.09 Å². The maximum atomic E-state index is 11.3. The number of rotatable bonds is 2. The molecular formula is C9H17NO3. The molecule has 4 heteroatoms. The van der Waals surface area contributed by atoms with E-state index in [1.54, 1.807) is 18.7 Å². The molecule has 1 heterocycles. The molecule has 0 aliphatic carbocycles. The zero-order valence-electron chi connectivity index (χ0n) is 8.63. The maximum Gasteiger partial charge on any atom is 0.410 e. The van der Waals surface area contributed by atoms with Gasteiger partial charge in [0.1, 0.15) is 6.61 Å². The van der Waals surface area contributed by atoms with E-state index in [4.69, 9.17) is 4.74 Å². The Labute approximate surface area is 78.5 Å². The first kappa shape index (κ1) is 10.3. The highest BCUT2D eigenvalue weighted by molar-refractivity contribution is 5.70. The zero-order chi connectivity index (χ0) is 10.3. The Balaban J connectivity index is 2.86. The lowest BCUT2D eigenvalue weighted by atomic mass is 9.84. The summed E-state index contributed by atoms with van der Waals surface area (Å²) >= 11 is 0. The number of cyclic esters (lactones) is 1. The van der Waals surface area contributed by atoms with Crippen LogP contribution < -0.4 is 0 Å². The molecule has 76 valence electrons. The minimum Gasteiger partial charge on any atom is -0.448 e. The Morgan fingerprint density at radius 2 is 1.92 bits per heavy atom. The molecule has 0 aromatic heterocycles. The van der Waals surface area contributed by atoms with Crippen molar-refractivity contribution >= 4 is 6.09 Å². The number of amides is 1. The van der Waals surface area contributed by atoms with Gasteiger partial charge in [-0.15, -0.1) is 0 Å². The third-order valence-corrected chi connectivity index (χ3v) is 2.93. The van der Waals surface area contributed by atoms with Gasteiger partial charge in [-0.1, -0.05) is 0 Å². The van der Waals surface area contributed by atoms with Gasteiger partial charge in [-0.25, -0.2) is 4.79 Å². The lowest BCUT2D eigenvalue weighted by molar-refractivity contribution is -0.0503. The van der Waals surface area contributed by atoms with Crippen molar-refractivity contribution in [3.8, 4) is 0 Å². The average Bonchev–Trinajstić information content (AvgIpc) is 2.32. The molecule has 0 saturated carbocycles. The van der Waals surface area contributed by atoms with Crippen molar-refractivity contribution < 1.29 is 14.6 Å². The maximum absolute atomic E-state index is 11.3. The number of ether oxygens (including phenoxy) is 1. The summed E-state index contributed by atoms with van der Waals surface area (Å²) in [7, 11) is 0. The minimum absolute atomic E-state index is 0.341. The van der Waals surface area contributed by atoms with E-state index in [0.29, 0.717) is 13.2 Å². The summed E-state index contributed by atoms with van der Waals surface area (Å²) in [6.45, 7) is 8.02. The first-order valence-electron chi connectivity index (χ1n) is 4.43. The van der Waals surface area contributed by atoms with E-state index in [1.807, 2.05) is 13.8 Å². The van der Waals surface area contributed by atoms with Crippen molar-refractivity contribution in [3.63, 3.8) is 0 Å². The van der Waals surface area contributed by atoms with Crippen molar-refractivity contribution in [1.82, 2.24) is 4.90 Å². The molecule has 0 aromatic rings. The second-order valence-electron chi connectivity index (χ2n) is 4.38. The normalized spacial score (nSPS) is 19.2. The molecule has 1 amide bonds. The Hall–Kier alpha value is -0.770. The lowest BCUT2D eigenvalue weighted by Gasteiger charge is -2.42. The molecule has 1 N–H and O–H groups in total. The summed E-state index contributed by atoms with van der Waals surface area (Å²) in [6, 6.07) is 0. The molecule has 1 fully saturated rings. The van der Waals surface area contributed by atoms with Crippen LogP contribution >= 0.6 is 0 Å². The van der Waals surface area contributed by atoms with E-state index in [0.717, 1.165) is 0 Å². The fourth-order valence-electron chi connectivity index (χ4n) is 1.23. The lowest BCUT2D eigenvalue weighted by Crippen LogP contribution is -2.58. The molecule has 0 aromatic carbocycles. The van der Waals surface area contributed by atoms with Crippen molar-refractivity contribution in [1.29, 1.82) is 0 Å². The van der Waals surface area contributed by atoms with Crippen LogP contribution in [0.15, 0.2) is 0 Å². The van der Waals surface area contributed by atoms with Crippen LogP contribution in [0.3, 0.4) is 0 Å². The standard InChI is InChI=1S/C9H17NO3/c1-8(2,9(3,4)12)10-5-6-13-7(10)11/h12H,5-6H2,1-4H3. The zero-order valence-corrected chi connectivity index (χ0v) is 8.63. The SMILES string of the molecule is CC(C)(O)C(C)(C)N1CCOC1=O. The topological polar surface area (TPSA) is 49.8 Å². The van der Waals surface area contributed by atoms with E-state index in [1.165, 1.54) is 0 Å². The van der Waals surface area contributed by atoms with E-state index in [-0.39, 0.29) is 6.09 Å². The van der Waals surface area contributed by atoms with Crippen LogP contribution in [0.2, 0.25) is 0 Å². The first-order chi connectivity index (χ1) is 5.77. The van der Waals surface area contributed by atoms with Gasteiger partial charge in [-0.3, -0.25) is 4.90 Å². The molecular weight excluding hydrogens is 170 g/mol. The van der Waals surface area contributed by atoms with Crippen LogP contribution in [0.5, 0.6) is 0 Å². The van der Waals surface area contributed by atoms with Gasteiger partial charge in [0.15, 0.2) is 0 Å². The fraction of sp³-hybridized carbons (Fsp3) is 0.889. The van der Waals surface area contributed by atoms with E-state index in [2.05, 4.69) is 0 Å². The van der Waals surface area contributed by atoms with Gasteiger partial charge in [-0.05, 0) is 27.7 Å². The highest BCUT2D eigenvalue weighted by atomic mass is 16.6. The smallest absolute Gasteiger partial charge is 0.410 e. The second kappa shape index (κ2) is 2.87. The van der Waals surface area contributed by atoms with Gasteiger partial charge in [0, 0.05) is 0 Å². The van der Waals surface area contributed by atoms with Crippen LogP contribution in [0.1, 0.15) is 27.7 Å². The highest BCUT2D eigenvalue weighted by Gasteiger charge is 2.45. The second-order valence-corrected chi connectivity index (χ2v) is 4.38. The number of nitrogens with zero attached hydrogens (tertiary/aromatic N) is 1. The Morgan fingerprint density at radius 1 is 1.38 bits per heavy atom. The molecule has 1 aliphatic heterocycles.